The van der Waals surface area contributed by atoms with Crippen LogP contribution in [0.1, 0.15) is 27.0 Å². The van der Waals surface area contributed by atoms with Crippen LogP contribution in [0.15, 0.2) is 73.1 Å². The average molecular weight is 345 g/mol. The molecule has 0 fully saturated rings. The molecule has 1 aromatic heterocycles. The number of hydrogen-bond donors (Lipinski definition) is 2. The zero-order valence-electron chi connectivity index (χ0n) is 14.9. The van der Waals surface area contributed by atoms with E-state index in [0.717, 1.165) is 12.1 Å². The summed E-state index contributed by atoms with van der Waals surface area (Å²) in [5, 5.41) is 6.29. The first-order valence-corrected chi connectivity index (χ1v) is 8.78. The van der Waals surface area contributed by atoms with Gasteiger partial charge in [-0.05, 0) is 36.1 Å². The van der Waals surface area contributed by atoms with Crippen molar-refractivity contribution in [3.63, 3.8) is 0 Å². The van der Waals surface area contributed by atoms with E-state index in [0.29, 0.717) is 18.7 Å². The standard InChI is InChI=1S/C22H23N3O/c1-17-7-5-6-10-19(17)15-25-21-13-20(14-23-16-21)22(26)24-12-11-18-8-3-2-4-9-18/h2-10,13-14,16,25H,11-12,15H2,1H3,(H,24,26). The monoisotopic (exact) mass is 345 g/mol. The van der Waals surface area contributed by atoms with E-state index in [-0.39, 0.29) is 5.91 Å². The van der Waals surface area contributed by atoms with Gasteiger partial charge in [-0.3, -0.25) is 9.78 Å². The van der Waals surface area contributed by atoms with Gasteiger partial charge in [0.1, 0.15) is 0 Å². The highest BCUT2D eigenvalue weighted by Gasteiger charge is 2.07. The number of pyridine rings is 1. The summed E-state index contributed by atoms with van der Waals surface area (Å²) >= 11 is 0. The van der Waals surface area contributed by atoms with Gasteiger partial charge in [-0.1, -0.05) is 54.6 Å². The lowest BCUT2D eigenvalue weighted by molar-refractivity contribution is 0.0954. The lowest BCUT2D eigenvalue weighted by Crippen LogP contribution is -2.25. The fourth-order valence-electron chi connectivity index (χ4n) is 2.73. The molecule has 0 saturated carbocycles. The van der Waals surface area contributed by atoms with Gasteiger partial charge in [0.25, 0.3) is 5.91 Å². The van der Waals surface area contributed by atoms with Crippen molar-refractivity contribution in [2.24, 2.45) is 0 Å². The van der Waals surface area contributed by atoms with Crippen LogP contribution in [0.4, 0.5) is 5.69 Å². The number of nitrogens with zero attached hydrogens (tertiary/aromatic N) is 1. The number of aromatic nitrogens is 1. The van der Waals surface area contributed by atoms with Gasteiger partial charge >= 0.3 is 0 Å². The molecule has 0 aliphatic heterocycles. The summed E-state index contributed by atoms with van der Waals surface area (Å²) in [6, 6.07) is 20.2. The summed E-state index contributed by atoms with van der Waals surface area (Å²) in [6.07, 6.45) is 4.14. The molecule has 2 aromatic carbocycles. The molecule has 0 bridgehead atoms. The second kappa shape index (κ2) is 8.81. The molecule has 0 unspecified atom stereocenters. The van der Waals surface area contributed by atoms with E-state index in [4.69, 9.17) is 0 Å². The molecule has 0 radical (unpaired) electrons. The summed E-state index contributed by atoms with van der Waals surface area (Å²) in [7, 11) is 0. The second-order valence-electron chi connectivity index (χ2n) is 6.23. The molecule has 0 saturated heterocycles. The number of carbonyl (C=O) groups is 1. The van der Waals surface area contributed by atoms with Crippen LogP contribution in [0.5, 0.6) is 0 Å². The Labute approximate surface area is 154 Å². The van der Waals surface area contributed by atoms with Crippen molar-refractivity contribution in [3.8, 4) is 0 Å². The normalized spacial score (nSPS) is 10.3. The zero-order valence-corrected chi connectivity index (χ0v) is 14.9. The molecule has 4 nitrogen and oxygen atoms in total. The number of amides is 1. The molecule has 0 spiro atoms. The van der Waals surface area contributed by atoms with Gasteiger partial charge in [-0.2, -0.15) is 0 Å². The van der Waals surface area contributed by atoms with Crippen molar-refractivity contribution in [2.75, 3.05) is 11.9 Å². The molecular formula is C22H23N3O. The minimum atomic E-state index is -0.104. The number of hydrogen-bond acceptors (Lipinski definition) is 3. The molecule has 3 aromatic rings. The topological polar surface area (TPSA) is 54.0 Å². The lowest BCUT2D eigenvalue weighted by atomic mass is 10.1. The Bertz CT molecular complexity index is 862. The third-order valence-electron chi connectivity index (χ3n) is 4.29. The highest BCUT2D eigenvalue weighted by molar-refractivity contribution is 5.94. The second-order valence-corrected chi connectivity index (χ2v) is 6.23. The summed E-state index contributed by atoms with van der Waals surface area (Å²) < 4.78 is 0. The smallest absolute Gasteiger partial charge is 0.252 e. The molecule has 3 rings (SSSR count). The largest absolute Gasteiger partial charge is 0.380 e. The third-order valence-corrected chi connectivity index (χ3v) is 4.29. The molecule has 2 N–H and O–H groups in total. The molecule has 0 aliphatic carbocycles. The van der Waals surface area contributed by atoms with Crippen molar-refractivity contribution in [3.05, 3.63) is 95.3 Å². The van der Waals surface area contributed by atoms with Crippen LogP contribution in [-0.4, -0.2) is 17.4 Å². The number of benzene rings is 2. The first kappa shape index (κ1) is 17.7. The van der Waals surface area contributed by atoms with Crippen molar-refractivity contribution in [1.82, 2.24) is 10.3 Å². The van der Waals surface area contributed by atoms with Crippen LogP contribution in [0.3, 0.4) is 0 Å². The average Bonchev–Trinajstić information content (AvgIpc) is 2.68. The van der Waals surface area contributed by atoms with Crippen LogP contribution in [-0.2, 0) is 13.0 Å². The van der Waals surface area contributed by atoms with Crippen molar-refractivity contribution >= 4 is 11.6 Å². The predicted octanol–water partition coefficient (Wildman–Crippen LogP) is 3.97. The molecule has 4 heteroatoms. The van der Waals surface area contributed by atoms with Gasteiger partial charge in [-0.25, -0.2) is 0 Å². The Morgan fingerprint density at radius 3 is 2.58 bits per heavy atom. The lowest BCUT2D eigenvalue weighted by Gasteiger charge is -2.10. The van der Waals surface area contributed by atoms with Gasteiger partial charge in [-0.15, -0.1) is 0 Å². The van der Waals surface area contributed by atoms with Crippen molar-refractivity contribution in [2.45, 2.75) is 19.9 Å². The van der Waals surface area contributed by atoms with Crippen LogP contribution >= 0.6 is 0 Å². The molecule has 132 valence electrons. The minimum absolute atomic E-state index is 0.104. The summed E-state index contributed by atoms with van der Waals surface area (Å²) in [6.45, 7) is 3.39. The summed E-state index contributed by atoms with van der Waals surface area (Å²) in [5.41, 5.74) is 5.07. The highest BCUT2D eigenvalue weighted by Crippen LogP contribution is 2.13. The Morgan fingerprint density at radius 1 is 1.00 bits per heavy atom. The fourth-order valence-corrected chi connectivity index (χ4v) is 2.73. The van der Waals surface area contributed by atoms with E-state index in [1.54, 1.807) is 12.4 Å². The quantitative estimate of drug-likeness (QED) is 0.681. The Hall–Kier alpha value is -3.14. The Balaban J connectivity index is 1.54. The predicted molar refractivity (Wildman–Crippen MR) is 105 cm³/mol. The van der Waals surface area contributed by atoms with Gasteiger partial charge < -0.3 is 10.6 Å². The minimum Gasteiger partial charge on any atom is -0.380 e. The number of anilines is 1. The highest BCUT2D eigenvalue weighted by atomic mass is 16.1. The van der Waals surface area contributed by atoms with E-state index >= 15 is 0 Å². The van der Waals surface area contributed by atoms with Crippen molar-refractivity contribution < 1.29 is 4.79 Å². The van der Waals surface area contributed by atoms with Gasteiger partial charge in [0, 0.05) is 25.5 Å². The van der Waals surface area contributed by atoms with Crippen LogP contribution in [0.2, 0.25) is 0 Å². The maximum Gasteiger partial charge on any atom is 0.252 e. The Morgan fingerprint density at radius 2 is 1.77 bits per heavy atom. The van der Waals surface area contributed by atoms with Gasteiger partial charge in [0.15, 0.2) is 0 Å². The maximum atomic E-state index is 12.3. The number of nitrogens with one attached hydrogen (secondary N) is 2. The molecule has 0 aliphatic rings. The summed E-state index contributed by atoms with van der Waals surface area (Å²) in [4.78, 5) is 16.5. The first-order valence-electron chi connectivity index (χ1n) is 8.78. The number of aryl methyl sites for hydroxylation is 1. The van der Waals surface area contributed by atoms with E-state index in [2.05, 4.69) is 46.8 Å². The number of rotatable bonds is 7. The number of carbonyl (C=O) groups excluding carboxylic acids is 1. The Kier molecular flexibility index (Phi) is 5.99. The maximum absolute atomic E-state index is 12.3. The van der Waals surface area contributed by atoms with Gasteiger partial charge in [0.2, 0.25) is 0 Å². The summed E-state index contributed by atoms with van der Waals surface area (Å²) in [5.74, 6) is -0.104. The first-order chi connectivity index (χ1) is 12.7. The zero-order chi connectivity index (χ0) is 18.2. The van der Waals surface area contributed by atoms with Crippen LogP contribution in [0, 0.1) is 6.92 Å². The van der Waals surface area contributed by atoms with Crippen LogP contribution in [0.25, 0.3) is 0 Å². The third kappa shape index (κ3) is 4.93. The molecule has 0 atom stereocenters. The SMILES string of the molecule is Cc1ccccc1CNc1cncc(C(=O)NCCc2ccccc2)c1. The molecular weight excluding hydrogens is 322 g/mol. The van der Waals surface area contributed by atoms with Gasteiger partial charge in [0.05, 0.1) is 11.3 Å². The fraction of sp³-hybridized carbons (Fsp3) is 0.182. The molecule has 1 heterocycles. The van der Waals surface area contributed by atoms with E-state index in [9.17, 15) is 4.79 Å². The van der Waals surface area contributed by atoms with E-state index in [1.807, 2.05) is 36.4 Å². The van der Waals surface area contributed by atoms with E-state index in [1.165, 1.54) is 16.7 Å². The van der Waals surface area contributed by atoms with E-state index < -0.39 is 0 Å². The van der Waals surface area contributed by atoms with Crippen LogP contribution < -0.4 is 10.6 Å². The molecule has 26 heavy (non-hydrogen) atoms. The molecule has 1 amide bonds. The van der Waals surface area contributed by atoms with Crippen molar-refractivity contribution in [1.29, 1.82) is 0 Å².